The van der Waals surface area contributed by atoms with Crippen LogP contribution in [-0.2, 0) is 21.6 Å². The van der Waals surface area contributed by atoms with Crippen LogP contribution in [0.1, 0.15) is 77.5 Å². The highest BCUT2D eigenvalue weighted by molar-refractivity contribution is 6.32. The van der Waals surface area contributed by atoms with Crippen LogP contribution in [0.25, 0.3) is 0 Å². The second-order valence-corrected chi connectivity index (χ2v) is 13.1. The average molecular weight is 681 g/mol. The van der Waals surface area contributed by atoms with E-state index in [0.29, 0.717) is 5.56 Å². The zero-order chi connectivity index (χ0) is 36.0. The standard InChI is InChI=1S/C40H28N2O9/c1-4-17-50-38(49)42-29-13-7-5-6-8-14-30(44)40(39(29,51-40)21(2)3)27-19-28(43)31-32(33(27)42)34(45)23-16-15-22(18-26(23)35(31)46)20-41-36(47)24-11-9-10-12-25(24)37(41)48/h4-6,9-12,15-16,18-19,21,29-30,43-44H,1,17,20H2,2-3H3/b6-5-/t29-,30-,39-,40-/m0/s1. The first-order chi connectivity index (χ1) is 24.5. The van der Waals surface area contributed by atoms with E-state index in [9.17, 15) is 34.2 Å². The lowest BCUT2D eigenvalue weighted by atomic mass is 9.67. The minimum absolute atomic E-state index is 0.0377. The number of fused-ring (bicyclic) bond motifs is 5. The number of ketones is 2. The van der Waals surface area contributed by atoms with E-state index >= 15 is 0 Å². The minimum Gasteiger partial charge on any atom is -0.507 e. The Labute approximate surface area is 291 Å². The largest absolute Gasteiger partial charge is 0.507 e. The smallest absolute Gasteiger partial charge is 0.415 e. The van der Waals surface area contributed by atoms with E-state index in [1.807, 2.05) is 13.8 Å². The maximum Gasteiger partial charge on any atom is 0.415 e. The van der Waals surface area contributed by atoms with Gasteiger partial charge in [-0.1, -0.05) is 68.4 Å². The van der Waals surface area contributed by atoms with Crippen molar-refractivity contribution in [2.24, 2.45) is 5.92 Å². The Morgan fingerprint density at radius 1 is 0.961 bits per heavy atom. The fraction of sp³-hybridized carbons (Fsp3) is 0.225. The van der Waals surface area contributed by atoms with Gasteiger partial charge >= 0.3 is 6.09 Å². The predicted octanol–water partition coefficient (Wildman–Crippen LogP) is 4.03. The number of epoxide rings is 1. The Morgan fingerprint density at radius 2 is 1.63 bits per heavy atom. The molecule has 2 aliphatic carbocycles. The Bertz CT molecular complexity index is 2320. The topological polar surface area (TPSA) is 154 Å². The van der Waals surface area contributed by atoms with Gasteiger partial charge < -0.3 is 19.7 Å². The van der Waals surface area contributed by atoms with Crippen LogP contribution in [0.2, 0.25) is 0 Å². The third-order valence-electron chi connectivity index (χ3n) is 10.2. The van der Waals surface area contributed by atoms with Gasteiger partial charge in [-0.25, -0.2) is 4.79 Å². The van der Waals surface area contributed by atoms with E-state index in [4.69, 9.17) is 9.47 Å². The molecular weight excluding hydrogens is 652 g/mol. The van der Waals surface area contributed by atoms with Gasteiger partial charge in [0, 0.05) is 16.7 Å². The molecule has 3 aromatic rings. The molecule has 51 heavy (non-hydrogen) atoms. The molecule has 3 heterocycles. The number of anilines is 1. The van der Waals surface area contributed by atoms with Crippen molar-refractivity contribution in [1.82, 2.24) is 4.90 Å². The quantitative estimate of drug-likeness (QED) is 0.138. The number of imide groups is 1. The van der Waals surface area contributed by atoms with E-state index in [1.165, 1.54) is 42.5 Å². The molecule has 4 atom stereocenters. The molecule has 0 radical (unpaired) electrons. The highest BCUT2D eigenvalue weighted by atomic mass is 16.6. The van der Waals surface area contributed by atoms with Crippen molar-refractivity contribution in [2.75, 3.05) is 11.5 Å². The number of carbonyl (C=O) groups excluding carboxylic acids is 5. The van der Waals surface area contributed by atoms with E-state index in [2.05, 4.69) is 30.3 Å². The molecule has 0 unspecified atom stereocenters. The monoisotopic (exact) mass is 680 g/mol. The third-order valence-corrected chi connectivity index (χ3v) is 10.2. The number of aliphatic hydroxyl groups is 1. The Balaban J connectivity index is 1.30. The van der Waals surface area contributed by atoms with Gasteiger partial charge in [-0.05, 0) is 54.0 Å². The number of ether oxygens (including phenoxy) is 2. The van der Waals surface area contributed by atoms with Gasteiger partial charge in [-0.2, -0.15) is 0 Å². The second kappa shape index (κ2) is 11.1. The number of amides is 3. The number of carbonyl (C=O) groups is 5. The lowest BCUT2D eigenvalue weighted by Crippen LogP contribution is -2.59. The molecule has 2 bridgehead atoms. The molecule has 1 fully saturated rings. The van der Waals surface area contributed by atoms with E-state index in [1.54, 1.807) is 24.3 Å². The molecule has 0 spiro atoms. The lowest BCUT2D eigenvalue weighted by Gasteiger charge is -2.43. The van der Waals surface area contributed by atoms with Crippen molar-refractivity contribution in [3.63, 3.8) is 0 Å². The summed E-state index contributed by atoms with van der Waals surface area (Å²) >= 11 is 0. The van der Waals surface area contributed by atoms with Crippen LogP contribution in [0.5, 0.6) is 5.75 Å². The van der Waals surface area contributed by atoms with Crippen LogP contribution in [0.4, 0.5) is 10.5 Å². The van der Waals surface area contributed by atoms with Crippen molar-refractivity contribution in [3.8, 4) is 29.4 Å². The van der Waals surface area contributed by atoms with E-state index < -0.39 is 64.5 Å². The van der Waals surface area contributed by atoms with Gasteiger partial charge in [0.15, 0.2) is 23.3 Å². The number of rotatable bonds is 5. The fourth-order valence-electron chi connectivity index (χ4n) is 7.93. The van der Waals surface area contributed by atoms with Gasteiger partial charge in [0.05, 0.1) is 34.5 Å². The average Bonchev–Trinajstić information content (AvgIpc) is 3.80. The Kier molecular flexibility index (Phi) is 6.97. The van der Waals surface area contributed by atoms with Crippen LogP contribution >= 0.6 is 0 Å². The van der Waals surface area contributed by atoms with Crippen molar-refractivity contribution >= 4 is 35.2 Å². The molecule has 5 aliphatic rings. The number of hydrogen-bond donors (Lipinski definition) is 2. The summed E-state index contributed by atoms with van der Waals surface area (Å²) in [4.78, 5) is 71.3. The number of benzene rings is 3. The fourth-order valence-corrected chi connectivity index (χ4v) is 7.93. The van der Waals surface area contributed by atoms with Crippen LogP contribution in [-0.4, -0.2) is 68.9 Å². The normalized spacial score (nSPS) is 25.3. The second-order valence-electron chi connectivity index (χ2n) is 13.1. The number of phenolic OH excluding ortho intramolecular Hbond substituents is 1. The lowest BCUT2D eigenvalue weighted by molar-refractivity contribution is 0.0641. The highest BCUT2D eigenvalue weighted by Crippen LogP contribution is 2.70. The van der Waals surface area contributed by atoms with Crippen molar-refractivity contribution < 1.29 is 43.7 Å². The molecule has 3 aromatic carbocycles. The predicted molar refractivity (Wildman–Crippen MR) is 181 cm³/mol. The summed E-state index contributed by atoms with van der Waals surface area (Å²) in [7, 11) is 0. The van der Waals surface area contributed by atoms with Crippen molar-refractivity contribution in [1.29, 1.82) is 0 Å². The van der Waals surface area contributed by atoms with Gasteiger partial charge in [0.2, 0.25) is 0 Å². The number of aliphatic hydroxyl groups excluding tert-OH is 1. The zero-order valence-electron chi connectivity index (χ0n) is 27.4. The summed E-state index contributed by atoms with van der Waals surface area (Å²) in [5.74, 6) is 8.08. The molecule has 1 saturated heterocycles. The summed E-state index contributed by atoms with van der Waals surface area (Å²) < 4.78 is 12.0. The van der Waals surface area contributed by atoms with Crippen LogP contribution in [0.15, 0.2) is 73.3 Å². The highest BCUT2D eigenvalue weighted by Gasteiger charge is 2.83. The molecule has 0 aromatic heterocycles. The Hall–Kier alpha value is -6.27. The number of allylic oxidation sites excluding steroid dienone is 2. The third kappa shape index (κ3) is 4.13. The molecular formula is C40H28N2O9. The zero-order valence-corrected chi connectivity index (χ0v) is 27.4. The molecule has 0 saturated carbocycles. The minimum atomic E-state index is -1.66. The SMILES string of the molecule is C=CCOC(=O)N1c2c(cc(O)c3c2C(=O)c2ccc(CN4C(=O)c5ccccc5C4=O)cc2C3=O)[C@@]23O[C@@]2(C(C)C)[C@@H]1C#C/C=C\C#C[C@@H]3O. The van der Waals surface area contributed by atoms with Crippen molar-refractivity contribution in [3.05, 3.63) is 118 Å². The summed E-state index contributed by atoms with van der Waals surface area (Å²) in [6, 6.07) is 10.9. The maximum atomic E-state index is 14.6. The molecule has 3 amide bonds. The molecule has 252 valence electrons. The van der Waals surface area contributed by atoms with Crippen molar-refractivity contribution in [2.45, 2.75) is 43.7 Å². The summed E-state index contributed by atoms with van der Waals surface area (Å²) in [5.41, 5.74) is -2.89. The van der Waals surface area contributed by atoms with Gasteiger partial charge in [0.1, 0.15) is 24.0 Å². The number of nitrogens with zero attached hydrogens (tertiary/aromatic N) is 2. The number of hydrogen-bond acceptors (Lipinski definition) is 9. The van der Waals surface area contributed by atoms with E-state index in [0.717, 1.165) is 9.80 Å². The van der Waals surface area contributed by atoms with E-state index in [-0.39, 0.29) is 57.8 Å². The number of aromatic hydroxyl groups is 1. The van der Waals surface area contributed by atoms with Gasteiger partial charge in [-0.15, -0.1) is 0 Å². The Morgan fingerprint density at radius 3 is 2.29 bits per heavy atom. The maximum absolute atomic E-state index is 14.6. The van der Waals surface area contributed by atoms with Crippen LogP contribution in [0, 0.1) is 29.6 Å². The first-order valence-corrected chi connectivity index (χ1v) is 16.2. The summed E-state index contributed by atoms with van der Waals surface area (Å²) in [6.45, 7) is 6.92. The van der Waals surface area contributed by atoms with Gasteiger partial charge in [0.25, 0.3) is 11.8 Å². The molecule has 2 N–H and O–H groups in total. The first kappa shape index (κ1) is 32.0. The van der Waals surface area contributed by atoms with Crippen LogP contribution in [0.3, 0.4) is 0 Å². The number of phenols is 1. The van der Waals surface area contributed by atoms with Gasteiger partial charge in [-0.3, -0.25) is 29.0 Å². The molecule has 11 nitrogen and oxygen atoms in total. The van der Waals surface area contributed by atoms with Crippen LogP contribution < -0.4 is 4.90 Å². The molecule has 11 heteroatoms. The summed E-state index contributed by atoms with van der Waals surface area (Å²) in [5, 5.41) is 23.3. The summed E-state index contributed by atoms with van der Waals surface area (Å²) in [6.07, 6.45) is 1.86. The molecule has 3 aliphatic heterocycles. The molecule has 8 rings (SSSR count). The first-order valence-electron chi connectivity index (χ1n) is 16.2.